The van der Waals surface area contributed by atoms with E-state index in [1.54, 1.807) is 0 Å². The summed E-state index contributed by atoms with van der Waals surface area (Å²) in [7, 11) is -3.22. The fraction of sp³-hybridized carbons (Fsp3) is 0.545. The third kappa shape index (κ3) is 3.00. The molecule has 1 saturated heterocycles. The maximum Gasteiger partial charge on any atom is 0.472 e. The van der Waals surface area contributed by atoms with Crippen molar-refractivity contribution < 1.29 is 33.5 Å². The summed E-state index contributed by atoms with van der Waals surface area (Å²) in [6.45, 7) is -0.458. The molecule has 0 spiro atoms. The predicted octanol–water partition coefficient (Wildman–Crippen LogP) is -1.21. The number of aliphatic hydroxyl groups is 2. The molecule has 1 aliphatic heterocycles. The lowest BCUT2D eigenvalue weighted by atomic mass is 10.1. The molecule has 0 bridgehead atoms. The molecule has 2 aromatic rings. The molecule has 24 heavy (non-hydrogen) atoms. The third-order valence-electron chi connectivity index (χ3n) is 3.63. The van der Waals surface area contributed by atoms with Crippen LogP contribution >= 0.6 is 7.82 Å². The van der Waals surface area contributed by atoms with Crippen molar-refractivity contribution in [1.29, 1.82) is 0 Å². The highest BCUT2D eigenvalue weighted by molar-refractivity contribution is 7.47. The number of nitrogens with zero attached hydrogens (tertiary/aromatic N) is 4. The van der Waals surface area contributed by atoms with Gasteiger partial charge in [-0.2, -0.15) is 0 Å². The van der Waals surface area contributed by atoms with Gasteiger partial charge in [0.1, 0.15) is 30.2 Å². The zero-order chi connectivity index (χ0) is 17.5. The second-order valence-corrected chi connectivity index (χ2v) is 6.64. The van der Waals surface area contributed by atoms with Gasteiger partial charge in [0.15, 0.2) is 17.7 Å². The van der Waals surface area contributed by atoms with Crippen molar-refractivity contribution in [2.75, 3.05) is 19.5 Å². The molecule has 5 atom stereocenters. The summed E-state index contributed by atoms with van der Waals surface area (Å²) in [6, 6.07) is 0. The van der Waals surface area contributed by atoms with Gasteiger partial charge in [0, 0.05) is 7.11 Å². The van der Waals surface area contributed by atoms with E-state index in [9.17, 15) is 19.7 Å². The summed E-state index contributed by atoms with van der Waals surface area (Å²) >= 11 is 0. The lowest BCUT2D eigenvalue weighted by Gasteiger charge is -2.16. The van der Waals surface area contributed by atoms with E-state index in [0.717, 1.165) is 7.11 Å². The van der Waals surface area contributed by atoms with Crippen LogP contribution in [-0.4, -0.2) is 66.7 Å². The number of anilines is 1. The molecule has 3 heterocycles. The molecular weight excluding hydrogens is 345 g/mol. The number of hydrogen-bond acceptors (Lipinski definition) is 10. The van der Waals surface area contributed by atoms with Crippen LogP contribution in [0.1, 0.15) is 6.23 Å². The van der Waals surface area contributed by atoms with Crippen molar-refractivity contribution in [3.8, 4) is 0 Å². The van der Waals surface area contributed by atoms with Crippen LogP contribution in [0.4, 0.5) is 5.82 Å². The first kappa shape index (κ1) is 17.2. The summed E-state index contributed by atoms with van der Waals surface area (Å²) < 4.78 is 27.2. The predicted molar refractivity (Wildman–Crippen MR) is 78.4 cm³/mol. The first-order valence-corrected chi connectivity index (χ1v) is 8.31. The molecule has 12 nitrogen and oxygen atoms in total. The third-order valence-corrected chi connectivity index (χ3v) is 4.57. The fourth-order valence-corrected chi connectivity index (χ4v) is 2.81. The number of nitrogen functional groups attached to an aromatic ring is 1. The van der Waals surface area contributed by atoms with Gasteiger partial charge >= 0.3 is 7.82 Å². The minimum Gasteiger partial charge on any atom is -0.387 e. The standard InChI is InChI=1S/C11H16N5O7P/c1-21-24(19,20)22-2-5-7(17)8(18)11(23-5)16-4-15-6-9(12)13-3-14-10(6)16/h3-5,7-8,11,17-18H,2H2,1H3,(H,19,20)(H2,12,13,14)/t5-,7-,8+,11-/m1/s1. The largest absolute Gasteiger partial charge is 0.472 e. The van der Waals surface area contributed by atoms with E-state index in [4.69, 9.17) is 10.5 Å². The number of fused-ring (bicyclic) bond motifs is 1. The smallest absolute Gasteiger partial charge is 0.387 e. The molecule has 0 radical (unpaired) electrons. The summed E-state index contributed by atoms with van der Waals surface area (Å²) in [5.41, 5.74) is 6.33. The minimum atomic E-state index is -4.23. The average molecular weight is 361 g/mol. The van der Waals surface area contributed by atoms with Gasteiger partial charge in [0.05, 0.1) is 12.9 Å². The Kier molecular flexibility index (Phi) is 4.53. The second-order valence-electron chi connectivity index (χ2n) is 5.08. The Morgan fingerprint density at radius 2 is 2.12 bits per heavy atom. The first-order chi connectivity index (χ1) is 11.3. The highest BCUT2D eigenvalue weighted by atomic mass is 31.2. The maximum atomic E-state index is 11.3. The van der Waals surface area contributed by atoms with Crippen molar-refractivity contribution in [3.05, 3.63) is 12.7 Å². The molecular formula is C11H16N5O7P. The normalized spacial score (nSPS) is 29.8. The monoisotopic (exact) mass is 361 g/mol. The van der Waals surface area contributed by atoms with Crippen LogP contribution in [0.25, 0.3) is 11.2 Å². The number of ether oxygens (including phenoxy) is 1. The zero-order valence-electron chi connectivity index (χ0n) is 12.5. The Hall–Kier alpha value is -1.66. The number of phosphoric acid groups is 1. The lowest BCUT2D eigenvalue weighted by molar-refractivity contribution is -0.0509. The van der Waals surface area contributed by atoms with E-state index in [0.29, 0.717) is 11.2 Å². The van der Waals surface area contributed by atoms with Crippen LogP contribution < -0.4 is 5.73 Å². The number of hydrogen-bond donors (Lipinski definition) is 4. The van der Waals surface area contributed by atoms with Crippen LogP contribution in [-0.2, 0) is 18.3 Å². The number of nitrogens with two attached hydrogens (primary N) is 1. The molecule has 0 amide bonds. The maximum absolute atomic E-state index is 11.3. The van der Waals surface area contributed by atoms with Crippen molar-refractivity contribution in [3.63, 3.8) is 0 Å². The van der Waals surface area contributed by atoms with Gasteiger partial charge in [0.2, 0.25) is 0 Å². The number of imidazole rings is 1. The van der Waals surface area contributed by atoms with E-state index in [1.807, 2.05) is 0 Å². The number of aliphatic hydroxyl groups excluding tert-OH is 2. The Bertz CT molecular complexity index is 785. The van der Waals surface area contributed by atoms with Gasteiger partial charge < -0.3 is 25.6 Å². The SMILES string of the molecule is COP(=O)(O)OC[C@H]1O[C@@H](n2cnc3c(N)ncnc32)[C@@H](O)[C@@H]1O. The molecule has 0 aliphatic carbocycles. The van der Waals surface area contributed by atoms with E-state index in [2.05, 4.69) is 24.0 Å². The van der Waals surface area contributed by atoms with Crippen molar-refractivity contribution in [2.24, 2.45) is 0 Å². The highest BCUT2D eigenvalue weighted by Crippen LogP contribution is 2.43. The lowest BCUT2D eigenvalue weighted by Crippen LogP contribution is -2.33. The van der Waals surface area contributed by atoms with E-state index >= 15 is 0 Å². The summed E-state index contributed by atoms with van der Waals surface area (Å²) in [4.78, 5) is 21.1. The minimum absolute atomic E-state index is 0.160. The first-order valence-electron chi connectivity index (χ1n) is 6.81. The summed E-state index contributed by atoms with van der Waals surface area (Å²) in [5, 5.41) is 20.3. The number of aromatic nitrogens is 4. The van der Waals surface area contributed by atoms with E-state index in [-0.39, 0.29) is 5.82 Å². The molecule has 5 N–H and O–H groups in total. The molecule has 132 valence electrons. The van der Waals surface area contributed by atoms with Crippen LogP contribution in [0, 0.1) is 0 Å². The van der Waals surface area contributed by atoms with Crippen molar-refractivity contribution in [1.82, 2.24) is 19.5 Å². The van der Waals surface area contributed by atoms with Gasteiger partial charge in [-0.1, -0.05) is 0 Å². The number of rotatable bonds is 5. The topological polar surface area (TPSA) is 175 Å². The van der Waals surface area contributed by atoms with Gasteiger partial charge in [-0.05, 0) is 0 Å². The molecule has 1 unspecified atom stereocenters. The molecule has 0 aromatic carbocycles. The average Bonchev–Trinajstić information content (AvgIpc) is 3.10. The Labute approximate surface area is 135 Å². The summed E-state index contributed by atoms with van der Waals surface area (Å²) in [6.07, 6.45) is -2.22. The van der Waals surface area contributed by atoms with Gasteiger partial charge in [0.25, 0.3) is 0 Å². The quantitative estimate of drug-likeness (QED) is 0.470. The van der Waals surface area contributed by atoms with Crippen LogP contribution in [0.3, 0.4) is 0 Å². The highest BCUT2D eigenvalue weighted by Gasteiger charge is 2.45. The van der Waals surface area contributed by atoms with Gasteiger partial charge in [-0.3, -0.25) is 13.6 Å². The molecule has 1 fully saturated rings. The van der Waals surface area contributed by atoms with Gasteiger partial charge in [-0.15, -0.1) is 0 Å². The fourth-order valence-electron chi connectivity index (χ4n) is 2.37. The Morgan fingerprint density at radius 3 is 2.83 bits per heavy atom. The van der Waals surface area contributed by atoms with Crippen molar-refractivity contribution >= 4 is 24.8 Å². The van der Waals surface area contributed by atoms with Crippen LogP contribution in [0.15, 0.2) is 12.7 Å². The molecule has 1 aliphatic rings. The molecule has 0 saturated carbocycles. The van der Waals surface area contributed by atoms with E-state index < -0.39 is 39.0 Å². The van der Waals surface area contributed by atoms with Crippen LogP contribution in [0.5, 0.6) is 0 Å². The van der Waals surface area contributed by atoms with E-state index in [1.165, 1.54) is 17.2 Å². The Morgan fingerprint density at radius 1 is 1.38 bits per heavy atom. The molecule has 3 rings (SSSR count). The second kappa shape index (κ2) is 6.33. The molecule has 13 heteroatoms. The van der Waals surface area contributed by atoms with Crippen LogP contribution in [0.2, 0.25) is 0 Å². The molecule has 2 aromatic heterocycles. The van der Waals surface area contributed by atoms with Crippen molar-refractivity contribution in [2.45, 2.75) is 24.5 Å². The summed E-state index contributed by atoms with van der Waals surface area (Å²) in [5.74, 6) is 0.160. The van der Waals surface area contributed by atoms with Gasteiger partial charge in [-0.25, -0.2) is 19.5 Å². The zero-order valence-corrected chi connectivity index (χ0v) is 13.4. The number of phosphoric ester groups is 1. The Balaban J connectivity index is 1.82.